The van der Waals surface area contributed by atoms with Crippen LogP contribution >= 0.6 is 0 Å². The second kappa shape index (κ2) is 9.94. The van der Waals surface area contributed by atoms with Crippen LogP contribution in [0.25, 0.3) is 0 Å². The first-order chi connectivity index (χ1) is 12.2. The summed E-state index contributed by atoms with van der Waals surface area (Å²) in [4.78, 5) is 23.3. The molecule has 0 aliphatic carbocycles. The third-order valence-electron chi connectivity index (χ3n) is 3.23. The first kappa shape index (κ1) is 21.7. The summed E-state index contributed by atoms with van der Waals surface area (Å²) in [5.74, 6) is -0.233. The summed E-state index contributed by atoms with van der Waals surface area (Å²) in [6.07, 6.45) is 0. The Morgan fingerprint density at radius 2 is 1.88 bits per heavy atom. The van der Waals surface area contributed by atoms with Gasteiger partial charge in [0.05, 0.1) is 30.8 Å². The van der Waals surface area contributed by atoms with Gasteiger partial charge >= 0.3 is 6.03 Å². The number of benzene rings is 1. The number of ether oxygens (including phenoxy) is 2. The lowest BCUT2D eigenvalue weighted by Gasteiger charge is -2.15. The van der Waals surface area contributed by atoms with Crippen molar-refractivity contribution >= 4 is 27.6 Å². The van der Waals surface area contributed by atoms with Gasteiger partial charge in [-0.3, -0.25) is 10.1 Å². The lowest BCUT2D eigenvalue weighted by atomic mass is 10.3. The molecule has 3 N–H and O–H groups in total. The summed E-state index contributed by atoms with van der Waals surface area (Å²) in [6, 6.07) is 3.60. The van der Waals surface area contributed by atoms with Crippen molar-refractivity contribution in [3.8, 4) is 5.75 Å². The molecule has 0 spiro atoms. The van der Waals surface area contributed by atoms with E-state index in [1.165, 1.54) is 46.5 Å². The Balaban J connectivity index is 2.76. The number of anilines is 1. The average Bonchev–Trinajstić information content (AvgIpc) is 2.59. The van der Waals surface area contributed by atoms with E-state index < -0.39 is 22.0 Å². The van der Waals surface area contributed by atoms with E-state index in [2.05, 4.69) is 16.0 Å². The number of nitrogens with one attached hydrogen (secondary N) is 3. The maximum atomic E-state index is 12.2. The molecule has 0 aliphatic heterocycles. The molecular formula is C15H24N4O6S. The number of carbonyl (C=O) groups is 2. The Hall–Kier alpha value is -2.37. The van der Waals surface area contributed by atoms with E-state index >= 15 is 0 Å². The zero-order chi connectivity index (χ0) is 19.7. The largest absolute Gasteiger partial charge is 0.495 e. The molecule has 0 radical (unpaired) electrons. The Morgan fingerprint density at radius 1 is 1.19 bits per heavy atom. The molecule has 10 nitrogen and oxygen atoms in total. The molecule has 3 amide bonds. The quantitative estimate of drug-likeness (QED) is 0.501. The van der Waals surface area contributed by atoms with Crippen molar-refractivity contribution in [3.05, 3.63) is 18.2 Å². The number of nitrogens with zero attached hydrogens (tertiary/aromatic N) is 1. The molecule has 0 saturated carbocycles. The van der Waals surface area contributed by atoms with Gasteiger partial charge in [0.15, 0.2) is 0 Å². The molecule has 0 aliphatic rings. The predicted molar refractivity (Wildman–Crippen MR) is 95.8 cm³/mol. The minimum absolute atomic E-state index is 0.0449. The molecular weight excluding hydrogens is 364 g/mol. The van der Waals surface area contributed by atoms with Crippen LogP contribution < -0.4 is 20.7 Å². The lowest BCUT2D eigenvalue weighted by Crippen LogP contribution is -2.43. The van der Waals surface area contributed by atoms with Gasteiger partial charge in [-0.05, 0) is 18.2 Å². The van der Waals surface area contributed by atoms with E-state index in [4.69, 9.17) is 9.47 Å². The van der Waals surface area contributed by atoms with Crippen LogP contribution in [-0.4, -0.2) is 72.7 Å². The third-order valence-corrected chi connectivity index (χ3v) is 5.04. The van der Waals surface area contributed by atoms with Crippen LogP contribution in [0.3, 0.4) is 0 Å². The molecule has 0 fully saturated rings. The highest BCUT2D eigenvalue weighted by Crippen LogP contribution is 2.28. The number of urea groups is 1. The molecule has 11 heteroatoms. The Morgan fingerprint density at radius 3 is 2.46 bits per heavy atom. The highest BCUT2D eigenvalue weighted by molar-refractivity contribution is 7.89. The lowest BCUT2D eigenvalue weighted by molar-refractivity contribution is -0.118. The number of imide groups is 1. The standard InChI is InChI=1S/C15H24N4O6S/c1-19(2)26(22,23)11-5-6-13(25-4)12(9-11)17-10-14(20)18-15(21)16-7-8-24-3/h5-6,9,17H,7-8,10H2,1-4H3,(H2,16,18,20,21). The average molecular weight is 388 g/mol. The number of amides is 3. The summed E-state index contributed by atoms with van der Waals surface area (Å²) in [5.41, 5.74) is 0.311. The van der Waals surface area contributed by atoms with Gasteiger partial charge in [-0.1, -0.05) is 0 Å². The smallest absolute Gasteiger partial charge is 0.321 e. The van der Waals surface area contributed by atoms with E-state index in [-0.39, 0.29) is 18.0 Å². The second-order valence-corrected chi connectivity index (χ2v) is 7.45. The number of rotatable bonds is 9. The van der Waals surface area contributed by atoms with E-state index in [1.807, 2.05) is 0 Å². The summed E-state index contributed by atoms with van der Waals surface area (Å²) in [6.45, 7) is 0.338. The van der Waals surface area contributed by atoms with Crippen LogP contribution in [0.1, 0.15) is 0 Å². The number of sulfonamides is 1. The topological polar surface area (TPSA) is 126 Å². The molecule has 0 atom stereocenters. The van der Waals surface area contributed by atoms with Crippen molar-refractivity contribution < 1.29 is 27.5 Å². The molecule has 1 aromatic carbocycles. The highest BCUT2D eigenvalue weighted by Gasteiger charge is 2.19. The first-order valence-electron chi connectivity index (χ1n) is 7.63. The van der Waals surface area contributed by atoms with Gasteiger partial charge in [-0.2, -0.15) is 0 Å². The molecule has 146 valence electrons. The Kier molecular flexibility index (Phi) is 8.29. The normalized spacial score (nSPS) is 11.1. The van der Waals surface area contributed by atoms with Crippen LogP contribution in [0, 0.1) is 0 Å². The fourth-order valence-electron chi connectivity index (χ4n) is 1.85. The van der Waals surface area contributed by atoms with Crippen LogP contribution in [0.5, 0.6) is 5.75 Å². The monoisotopic (exact) mass is 388 g/mol. The van der Waals surface area contributed by atoms with Crippen LogP contribution in [-0.2, 0) is 19.6 Å². The van der Waals surface area contributed by atoms with Crippen molar-refractivity contribution in [1.29, 1.82) is 0 Å². The van der Waals surface area contributed by atoms with Crippen molar-refractivity contribution in [2.45, 2.75) is 4.90 Å². The highest BCUT2D eigenvalue weighted by atomic mass is 32.2. The van der Waals surface area contributed by atoms with Gasteiger partial charge in [0.25, 0.3) is 0 Å². The number of carbonyl (C=O) groups excluding carboxylic acids is 2. The van der Waals surface area contributed by atoms with Gasteiger partial charge < -0.3 is 20.1 Å². The summed E-state index contributed by atoms with van der Waals surface area (Å²) >= 11 is 0. The van der Waals surface area contributed by atoms with E-state index in [9.17, 15) is 18.0 Å². The fourth-order valence-corrected chi connectivity index (χ4v) is 2.78. The maximum absolute atomic E-state index is 12.2. The first-order valence-corrected chi connectivity index (χ1v) is 9.07. The third kappa shape index (κ3) is 6.17. The predicted octanol–water partition coefficient (Wildman–Crippen LogP) is -0.170. The minimum atomic E-state index is -3.63. The Labute approximate surface area is 152 Å². The van der Waals surface area contributed by atoms with Gasteiger partial charge in [-0.15, -0.1) is 0 Å². The number of hydrogen-bond acceptors (Lipinski definition) is 7. The van der Waals surface area contributed by atoms with E-state index in [0.717, 1.165) is 4.31 Å². The Bertz CT molecular complexity index is 736. The summed E-state index contributed by atoms with van der Waals surface area (Å²) in [5, 5.41) is 7.34. The SMILES string of the molecule is COCCNC(=O)NC(=O)CNc1cc(S(=O)(=O)N(C)C)ccc1OC. The van der Waals surface area contributed by atoms with Crippen molar-refractivity contribution in [2.24, 2.45) is 0 Å². The van der Waals surface area contributed by atoms with E-state index in [0.29, 0.717) is 18.0 Å². The van der Waals surface area contributed by atoms with Crippen LogP contribution in [0.15, 0.2) is 23.1 Å². The van der Waals surface area contributed by atoms with Gasteiger partial charge in [0.2, 0.25) is 15.9 Å². The van der Waals surface area contributed by atoms with Crippen molar-refractivity contribution in [1.82, 2.24) is 14.9 Å². The molecule has 0 aromatic heterocycles. The number of hydrogen-bond donors (Lipinski definition) is 3. The van der Waals surface area contributed by atoms with Gasteiger partial charge in [-0.25, -0.2) is 17.5 Å². The summed E-state index contributed by atoms with van der Waals surface area (Å²) < 4.78 is 35.4. The number of methoxy groups -OCH3 is 2. The molecule has 0 bridgehead atoms. The van der Waals surface area contributed by atoms with Crippen LogP contribution in [0.2, 0.25) is 0 Å². The van der Waals surface area contributed by atoms with Crippen LogP contribution in [0.4, 0.5) is 10.5 Å². The molecule has 26 heavy (non-hydrogen) atoms. The molecule has 1 rings (SSSR count). The molecule has 0 saturated heterocycles. The molecule has 1 aromatic rings. The maximum Gasteiger partial charge on any atom is 0.321 e. The van der Waals surface area contributed by atoms with Crippen molar-refractivity contribution in [2.75, 3.05) is 53.3 Å². The minimum Gasteiger partial charge on any atom is -0.495 e. The molecule has 0 unspecified atom stereocenters. The van der Waals surface area contributed by atoms with E-state index in [1.54, 1.807) is 0 Å². The van der Waals surface area contributed by atoms with Crippen molar-refractivity contribution in [3.63, 3.8) is 0 Å². The zero-order valence-corrected chi connectivity index (χ0v) is 16.0. The fraction of sp³-hybridized carbons (Fsp3) is 0.467. The summed E-state index contributed by atoms with van der Waals surface area (Å²) in [7, 11) is 2.12. The van der Waals surface area contributed by atoms with Gasteiger partial charge in [0, 0.05) is 27.7 Å². The molecule has 0 heterocycles. The zero-order valence-electron chi connectivity index (χ0n) is 15.2. The van der Waals surface area contributed by atoms with Gasteiger partial charge in [0.1, 0.15) is 5.75 Å². The second-order valence-electron chi connectivity index (χ2n) is 5.30.